The summed E-state index contributed by atoms with van der Waals surface area (Å²) in [4.78, 5) is 0. The van der Waals surface area contributed by atoms with Gasteiger partial charge in [0, 0.05) is 5.56 Å². The Morgan fingerprint density at radius 2 is 1.95 bits per heavy atom. The van der Waals surface area contributed by atoms with Crippen LogP contribution in [0.15, 0.2) is 53.7 Å². The van der Waals surface area contributed by atoms with Crippen molar-refractivity contribution in [1.82, 2.24) is 0 Å². The van der Waals surface area contributed by atoms with E-state index >= 15 is 0 Å². The van der Waals surface area contributed by atoms with Crippen molar-refractivity contribution in [3.63, 3.8) is 0 Å². The van der Waals surface area contributed by atoms with Crippen molar-refractivity contribution in [2.75, 3.05) is 0 Å². The standard InChI is InChI=1S/C15H15NO3/c1-11(16-18)13-5-3-7-15(9-13)19-10-12-4-2-6-14(17)8-12/h2-9,17-18H,10H2,1H3. The molecule has 0 unspecified atom stereocenters. The Morgan fingerprint density at radius 3 is 2.68 bits per heavy atom. The maximum absolute atomic E-state index is 9.36. The number of oxime groups is 1. The van der Waals surface area contributed by atoms with Crippen LogP contribution < -0.4 is 4.74 Å². The zero-order valence-electron chi connectivity index (χ0n) is 10.6. The van der Waals surface area contributed by atoms with Crippen molar-refractivity contribution in [1.29, 1.82) is 0 Å². The fourth-order valence-corrected chi connectivity index (χ4v) is 1.68. The summed E-state index contributed by atoms with van der Waals surface area (Å²) in [7, 11) is 0. The van der Waals surface area contributed by atoms with Crippen LogP contribution in [0.3, 0.4) is 0 Å². The molecule has 2 N–H and O–H groups in total. The topological polar surface area (TPSA) is 62.1 Å². The third kappa shape index (κ3) is 3.48. The minimum atomic E-state index is 0.220. The number of ether oxygens (including phenoxy) is 1. The van der Waals surface area contributed by atoms with Gasteiger partial charge in [-0.2, -0.15) is 0 Å². The van der Waals surface area contributed by atoms with Crippen LogP contribution in [0.25, 0.3) is 0 Å². The highest BCUT2D eigenvalue weighted by Crippen LogP contribution is 2.17. The average molecular weight is 257 g/mol. The van der Waals surface area contributed by atoms with Gasteiger partial charge in [0.15, 0.2) is 0 Å². The third-order valence-corrected chi connectivity index (χ3v) is 2.72. The number of hydrogen-bond acceptors (Lipinski definition) is 4. The van der Waals surface area contributed by atoms with E-state index in [0.717, 1.165) is 11.1 Å². The highest BCUT2D eigenvalue weighted by atomic mass is 16.5. The quantitative estimate of drug-likeness (QED) is 0.502. The lowest BCUT2D eigenvalue weighted by Gasteiger charge is -2.08. The van der Waals surface area contributed by atoms with Gasteiger partial charge in [-0.3, -0.25) is 0 Å². The lowest BCUT2D eigenvalue weighted by molar-refractivity contribution is 0.305. The van der Waals surface area contributed by atoms with E-state index in [-0.39, 0.29) is 5.75 Å². The first-order valence-electron chi connectivity index (χ1n) is 5.89. The van der Waals surface area contributed by atoms with E-state index < -0.39 is 0 Å². The summed E-state index contributed by atoms with van der Waals surface area (Å²) in [5.74, 6) is 0.905. The molecule has 0 saturated heterocycles. The maximum Gasteiger partial charge on any atom is 0.120 e. The van der Waals surface area contributed by atoms with Gasteiger partial charge in [0.1, 0.15) is 18.1 Å². The lowest BCUT2D eigenvalue weighted by Crippen LogP contribution is -1.98. The van der Waals surface area contributed by atoms with Gasteiger partial charge in [-0.15, -0.1) is 0 Å². The summed E-state index contributed by atoms with van der Waals surface area (Å²) >= 11 is 0. The molecule has 0 saturated carbocycles. The van der Waals surface area contributed by atoms with Gasteiger partial charge < -0.3 is 15.1 Å². The molecule has 0 fully saturated rings. The molecule has 0 bridgehead atoms. The zero-order chi connectivity index (χ0) is 13.7. The van der Waals surface area contributed by atoms with Gasteiger partial charge >= 0.3 is 0 Å². The molecule has 2 rings (SSSR count). The van der Waals surface area contributed by atoms with Gasteiger partial charge in [-0.1, -0.05) is 29.4 Å². The highest BCUT2D eigenvalue weighted by molar-refractivity contribution is 5.98. The Morgan fingerprint density at radius 1 is 1.16 bits per heavy atom. The molecule has 4 heteroatoms. The second kappa shape index (κ2) is 5.91. The summed E-state index contributed by atoms with van der Waals surface area (Å²) in [5, 5.41) is 21.3. The van der Waals surface area contributed by atoms with Crippen LogP contribution in [0.4, 0.5) is 0 Å². The molecule has 2 aromatic carbocycles. The second-order valence-corrected chi connectivity index (χ2v) is 4.17. The Kier molecular flexibility index (Phi) is 4.03. The molecule has 0 aromatic heterocycles. The first-order valence-corrected chi connectivity index (χ1v) is 5.89. The predicted octanol–water partition coefficient (Wildman–Crippen LogP) is 3.17. The maximum atomic E-state index is 9.36. The highest BCUT2D eigenvalue weighted by Gasteiger charge is 2.01. The zero-order valence-corrected chi connectivity index (χ0v) is 10.6. The Balaban J connectivity index is 2.08. The molecule has 4 nitrogen and oxygen atoms in total. The smallest absolute Gasteiger partial charge is 0.120 e. The summed E-state index contributed by atoms with van der Waals surface area (Å²) in [5.41, 5.74) is 2.22. The van der Waals surface area contributed by atoms with Crippen LogP contribution in [0.5, 0.6) is 11.5 Å². The van der Waals surface area contributed by atoms with Crippen molar-refractivity contribution in [2.45, 2.75) is 13.5 Å². The second-order valence-electron chi connectivity index (χ2n) is 4.17. The summed E-state index contributed by atoms with van der Waals surface area (Å²) < 4.78 is 5.63. The molecule has 0 atom stereocenters. The van der Waals surface area contributed by atoms with E-state index in [1.54, 1.807) is 31.2 Å². The number of nitrogens with zero attached hydrogens (tertiary/aromatic N) is 1. The van der Waals surface area contributed by atoms with E-state index in [1.807, 2.05) is 24.3 Å². The fraction of sp³-hybridized carbons (Fsp3) is 0.133. The number of hydrogen-bond donors (Lipinski definition) is 2. The minimum absolute atomic E-state index is 0.220. The molecular weight excluding hydrogens is 242 g/mol. The Hall–Kier alpha value is -2.49. The van der Waals surface area contributed by atoms with E-state index in [4.69, 9.17) is 9.94 Å². The molecule has 0 radical (unpaired) electrons. The van der Waals surface area contributed by atoms with E-state index in [2.05, 4.69) is 5.16 Å². The van der Waals surface area contributed by atoms with Gasteiger partial charge in [-0.05, 0) is 36.8 Å². The Labute approximate surface area is 111 Å². The molecule has 0 heterocycles. The van der Waals surface area contributed by atoms with Crippen LogP contribution in [-0.4, -0.2) is 16.0 Å². The van der Waals surface area contributed by atoms with Crippen LogP contribution in [0.2, 0.25) is 0 Å². The number of phenolic OH excluding ortho intramolecular Hbond substituents is 1. The van der Waals surface area contributed by atoms with E-state index in [0.29, 0.717) is 18.1 Å². The number of aromatic hydroxyl groups is 1. The minimum Gasteiger partial charge on any atom is -0.508 e. The molecule has 0 aliphatic heterocycles. The molecule has 98 valence electrons. The van der Waals surface area contributed by atoms with Crippen molar-refractivity contribution >= 4 is 5.71 Å². The largest absolute Gasteiger partial charge is 0.508 e. The molecule has 0 amide bonds. The first-order chi connectivity index (χ1) is 9.19. The molecule has 2 aromatic rings. The van der Waals surface area contributed by atoms with Crippen LogP contribution >= 0.6 is 0 Å². The van der Waals surface area contributed by atoms with E-state index in [9.17, 15) is 5.11 Å². The van der Waals surface area contributed by atoms with Crippen LogP contribution in [0.1, 0.15) is 18.1 Å². The van der Waals surface area contributed by atoms with Gasteiger partial charge in [-0.25, -0.2) is 0 Å². The summed E-state index contributed by atoms with van der Waals surface area (Å²) in [6.45, 7) is 2.08. The monoisotopic (exact) mass is 257 g/mol. The summed E-state index contributed by atoms with van der Waals surface area (Å²) in [6, 6.07) is 14.2. The normalized spacial score (nSPS) is 11.3. The predicted molar refractivity (Wildman–Crippen MR) is 72.9 cm³/mol. The molecular formula is C15H15NO3. The van der Waals surface area contributed by atoms with Crippen molar-refractivity contribution < 1.29 is 15.1 Å². The molecule has 19 heavy (non-hydrogen) atoms. The fourth-order valence-electron chi connectivity index (χ4n) is 1.68. The summed E-state index contributed by atoms with van der Waals surface area (Å²) in [6.07, 6.45) is 0. The third-order valence-electron chi connectivity index (χ3n) is 2.72. The number of benzene rings is 2. The van der Waals surface area contributed by atoms with Crippen LogP contribution in [0, 0.1) is 0 Å². The van der Waals surface area contributed by atoms with E-state index in [1.165, 1.54) is 0 Å². The molecule has 0 aliphatic carbocycles. The van der Waals surface area contributed by atoms with Gasteiger partial charge in [0.2, 0.25) is 0 Å². The lowest BCUT2D eigenvalue weighted by atomic mass is 10.1. The van der Waals surface area contributed by atoms with Crippen molar-refractivity contribution in [3.05, 3.63) is 59.7 Å². The van der Waals surface area contributed by atoms with Crippen LogP contribution in [-0.2, 0) is 6.61 Å². The SMILES string of the molecule is CC(=NO)c1cccc(OCc2cccc(O)c2)c1. The van der Waals surface area contributed by atoms with Gasteiger partial charge in [0.05, 0.1) is 5.71 Å². The molecule has 0 spiro atoms. The Bertz CT molecular complexity index is 593. The molecule has 0 aliphatic rings. The van der Waals surface area contributed by atoms with Crippen molar-refractivity contribution in [3.8, 4) is 11.5 Å². The van der Waals surface area contributed by atoms with Crippen molar-refractivity contribution in [2.24, 2.45) is 5.16 Å². The average Bonchev–Trinajstić information content (AvgIpc) is 2.45. The van der Waals surface area contributed by atoms with Gasteiger partial charge in [0.25, 0.3) is 0 Å². The first kappa shape index (κ1) is 13.0. The number of phenols is 1. The number of rotatable bonds is 4.